The maximum atomic E-state index is 2.47. The molecular formula is C20H19N. The number of anilines is 2. The van der Waals surface area contributed by atoms with Gasteiger partial charge in [0.25, 0.3) is 0 Å². The summed E-state index contributed by atoms with van der Waals surface area (Å²) < 4.78 is 0. The maximum absolute atomic E-state index is 2.47. The Morgan fingerprint density at radius 3 is 2.52 bits per heavy atom. The molecule has 0 saturated heterocycles. The number of allylic oxidation sites excluding steroid dienone is 2. The van der Waals surface area contributed by atoms with Crippen molar-refractivity contribution in [2.45, 2.75) is 25.3 Å². The van der Waals surface area contributed by atoms with Crippen LogP contribution in [0, 0.1) is 6.92 Å². The lowest BCUT2D eigenvalue weighted by molar-refractivity contribution is 0.550. The molecule has 2 aliphatic rings. The number of benzene rings is 2. The van der Waals surface area contributed by atoms with Crippen molar-refractivity contribution < 1.29 is 0 Å². The molecular weight excluding hydrogens is 254 g/mol. The molecule has 1 heteroatoms. The lowest BCUT2D eigenvalue weighted by Gasteiger charge is -2.34. The predicted molar refractivity (Wildman–Crippen MR) is 89.2 cm³/mol. The molecule has 1 nitrogen and oxygen atoms in total. The normalized spacial score (nSPS) is 25.8. The first kappa shape index (κ1) is 12.5. The predicted octanol–water partition coefficient (Wildman–Crippen LogP) is 4.90. The number of para-hydroxylation sites is 1. The first-order valence-electron chi connectivity index (χ1n) is 7.51. The van der Waals surface area contributed by atoms with Gasteiger partial charge in [0.05, 0.1) is 6.04 Å². The average Bonchev–Trinajstić information content (AvgIpc) is 2.78. The van der Waals surface area contributed by atoms with Crippen LogP contribution in [-0.2, 0) is 5.41 Å². The second kappa shape index (κ2) is 4.36. The van der Waals surface area contributed by atoms with E-state index in [2.05, 4.69) is 91.6 Å². The zero-order valence-corrected chi connectivity index (χ0v) is 12.5. The van der Waals surface area contributed by atoms with Crippen molar-refractivity contribution in [3.05, 3.63) is 84.0 Å². The molecule has 1 aliphatic heterocycles. The largest absolute Gasteiger partial charge is 0.333 e. The van der Waals surface area contributed by atoms with Crippen LogP contribution in [-0.4, -0.2) is 6.04 Å². The fourth-order valence-electron chi connectivity index (χ4n) is 3.62. The molecule has 0 saturated carbocycles. The number of rotatable bonds is 1. The molecule has 0 N–H and O–H groups in total. The van der Waals surface area contributed by atoms with Crippen molar-refractivity contribution in [1.82, 2.24) is 0 Å². The Morgan fingerprint density at radius 2 is 1.71 bits per heavy atom. The maximum Gasteiger partial charge on any atom is 0.0655 e. The van der Waals surface area contributed by atoms with Crippen molar-refractivity contribution in [1.29, 1.82) is 0 Å². The van der Waals surface area contributed by atoms with Crippen molar-refractivity contribution in [3.8, 4) is 0 Å². The highest BCUT2D eigenvalue weighted by Gasteiger charge is 2.45. The van der Waals surface area contributed by atoms with Gasteiger partial charge >= 0.3 is 0 Å². The molecule has 0 amide bonds. The molecule has 4 rings (SSSR count). The molecule has 0 aromatic heterocycles. The van der Waals surface area contributed by atoms with Crippen LogP contribution in [0.15, 0.2) is 72.8 Å². The summed E-state index contributed by atoms with van der Waals surface area (Å²) in [5, 5.41) is 0. The zero-order valence-electron chi connectivity index (χ0n) is 12.5. The Balaban J connectivity index is 1.93. The van der Waals surface area contributed by atoms with Crippen LogP contribution in [0.1, 0.15) is 18.1 Å². The summed E-state index contributed by atoms with van der Waals surface area (Å²) in [6, 6.07) is 18.0. The molecule has 1 heterocycles. The summed E-state index contributed by atoms with van der Waals surface area (Å²) in [5.74, 6) is 0. The van der Waals surface area contributed by atoms with E-state index in [1.165, 1.54) is 22.5 Å². The van der Waals surface area contributed by atoms with Crippen LogP contribution < -0.4 is 4.90 Å². The molecule has 2 unspecified atom stereocenters. The second-order valence-corrected chi connectivity index (χ2v) is 6.19. The van der Waals surface area contributed by atoms with Gasteiger partial charge in [0.1, 0.15) is 0 Å². The van der Waals surface area contributed by atoms with E-state index in [1.54, 1.807) is 0 Å². The van der Waals surface area contributed by atoms with Gasteiger partial charge in [0.2, 0.25) is 0 Å². The number of hydrogen-bond acceptors (Lipinski definition) is 1. The van der Waals surface area contributed by atoms with Gasteiger partial charge in [-0.05, 0) is 37.6 Å². The van der Waals surface area contributed by atoms with Gasteiger partial charge in [-0.1, -0.05) is 60.2 Å². The molecule has 0 radical (unpaired) electrons. The Labute approximate surface area is 126 Å². The van der Waals surface area contributed by atoms with Gasteiger partial charge in [-0.3, -0.25) is 0 Å². The van der Waals surface area contributed by atoms with E-state index in [0.29, 0.717) is 6.04 Å². The number of nitrogens with zero attached hydrogens (tertiary/aromatic N) is 1. The molecule has 0 spiro atoms. The van der Waals surface area contributed by atoms with Gasteiger partial charge in [-0.2, -0.15) is 0 Å². The molecule has 2 aromatic carbocycles. The van der Waals surface area contributed by atoms with Crippen LogP contribution >= 0.6 is 0 Å². The molecule has 0 bridgehead atoms. The van der Waals surface area contributed by atoms with Gasteiger partial charge in [-0.25, -0.2) is 0 Å². The quantitative estimate of drug-likeness (QED) is 0.714. The van der Waals surface area contributed by atoms with E-state index < -0.39 is 0 Å². The van der Waals surface area contributed by atoms with Gasteiger partial charge < -0.3 is 4.90 Å². The third-order valence-electron chi connectivity index (χ3n) is 4.80. The van der Waals surface area contributed by atoms with Gasteiger partial charge in [0.15, 0.2) is 0 Å². The zero-order chi connectivity index (χ0) is 14.4. The third-order valence-corrected chi connectivity index (χ3v) is 4.80. The number of fused-ring (bicyclic) bond motifs is 3. The smallest absolute Gasteiger partial charge is 0.0655 e. The number of hydrogen-bond donors (Lipinski definition) is 0. The standard InChI is InChI=1S/C20H19N/c1-15-10-12-16(13-11-15)21-18-8-4-3-7-17(18)20(2)14-6-5-9-19(20)21/h3-14,19H,1-2H3. The van der Waals surface area contributed by atoms with Crippen LogP contribution in [0.4, 0.5) is 11.4 Å². The summed E-state index contributed by atoms with van der Waals surface area (Å²) in [4.78, 5) is 2.47. The van der Waals surface area contributed by atoms with Crippen LogP contribution in [0.3, 0.4) is 0 Å². The summed E-state index contributed by atoms with van der Waals surface area (Å²) in [6.45, 7) is 4.47. The fourth-order valence-corrected chi connectivity index (χ4v) is 3.62. The second-order valence-electron chi connectivity index (χ2n) is 6.19. The molecule has 104 valence electrons. The SMILES string of the molecule is Cc1ccc(N2c3ccccc3C3(C)C=CC=CC23)cc1. The fraction of sp³-hybridized carbons (Fsp3) is 0.200. The van der Waals surface area contributed by atoms with Gasteiger partial charge in [-0.15, -0.1) is 0 Å². The average molecular weight is 273 g/mol. The van der Waals surface area contributed by atoms with E-state index >= 15 is 0 Å². The van der Waals surface area contributed by atoms with E-state index in [-0.39, 0.29) is 5.41 Å². The van der Waals surface area contributed by atoms with E-state index in [4.69, 9.17) is 0 Å². The Kier molecular flexibility index (Phi) is 2.58. The Hall–Kier alpha value is -2.28. The van der Waals surface area contributed by atoms with Crippen LogP contribution in [0.25, 0.3) is 0 Å². The third kappa shape index (κ3) is 1.70. The lowest BCUT2D eigenvalue weighted by atomic mass is 9.76. The van der Waals surface area contributed by atoms with Crippen molar-refractivity contribution >= 4 is 11.4 Å². The lowest BCUT2D eigenvalue weighted by Crippen LogP contribution is -2.39. The summed E-state index contributed by atoms with van der Waals surface area (Å²) in [7, 11) is 0. The highest BCUT2D eigenvalue weighted by atomic mass is 15.2. The minimum atomic E-state index is 0.0518. The van der Waals surface area contributed by atoms with Crippen molar-refractivity contribution in [3.63, 3.8) is 0 Å². The highest BCUT2D eigenvalue weighted by molar-refractivity contribution is 5.77. The van der Waals surface area contributed by atoms with E-state index in [9.17, 15) is 0 Å². The number of aryl methyl sites for hydroxylation is 1. The summed E-state index contributed by atoms with van der Waals surface area (Å²) in [5.41, 5.74) is 5.35. The molecule has 2 atom stereocenters. The summed E-state index contributed by atoms with van der Waals surface area (Å²) in [6.07, 6.45) is 9.00. The summed E-state index contributed by atoms with van der Waals surface area (Å²) >= 11 is 0. The van der Waals surface area contributed by atoms with Crippen LogP contribution in [0.5, 0.6) is 0 Å². The monoisotopic (exact) mass is 273 g/mol. The van der Waals surface area contributed by atoms with E-state index in [1.807, 2.05) is 0 Å². The minimum Gasteiger partial charge on any atom is -0.333 e. The molecule has 0 fully saturated rings. The van der Waals surface area contributed by atoms with Crippen molar-refractivity contribution in [2.75, 3.05) is 4.90 Å². The highest BCUT2D eigenvalue weighted by Crippen LogP contribution is 2.50. The van der Waals surface area contributed by atoms with Gasteiger partial charge in [0, 0.05) is 16.8 Å². The Bertz CT molecular complexity index is 739. The van der Waals surface area contributed by atoms with Crippen molar-refractivity contribution in [2.24, 2.45) is 0 Å². The van der Waals surface area contributed by atoms with E-state index in [0.717, 1.165) is 0 Å². The molecule has 2 aromatic rings. The Morgan fingerprint density at radius 1 is 0.952 bits per heavy atom. The topological polar surface area (TPSA) is 3.24 Å². The minimum absolute atomic E-state index is 0.0518. The first-order valence-corrected chi connectivity index (χ1v) is 7.51. The first-order chi connectivity index (χ1) is 10.2. The molecule has 1 aliphatic carbocycles. The van der Waals surface area contributed by atoms with Crippen LogP contribution in [0.2, 0.25) is 0 Å². The molecule has 21 heavy (non-hydrogen) atoms.